The molecule has 5 heteroatoms. The summed E-state index contributed by atoms with van der Waals surface area (Å²) in [5.74, 6) is 0.242. The molecule has 0 saturated heterocycles. The molecule has 0 aliphatic rings. The standard InChI is InChI=1S/C6H4BrNO3/c7-4-5(8(9)10)6-2-1-3-11-6/h1-4H. The van der Waals surface area contributed by atoms with Crippen molar-refractivity contribution in [2.75, 3.05) is 0 Å². The van der Waals surface area contributed by atoms with Crippen LogP contribution in [-0.4, -0.2) is 4.92 Å². The molecule has 1 aromatic heterocycles. The van der Waals surface area contributed by atoms with E-state index in [9.17, 15) is 10.1 Å². The second kappa shape index (κ2) is 3.34. The highest BCUT2D eigenvalue weighted by Gasteiger charge is 2.15. The molecule has 0 amide bonds. The largest absolute Gasteiger partial charge is 0.458 e. The van der Waals surface area contributed by atoms with E-state index in [-0.39, 0.29) is 11.5 Å². The van der Waals surface area contributed by atoms with Crippen LogP contribution >= 0.6 is 15.9 Å². The van der Waals surface area contributed by atoms with Crippen LogP contribution in [-0.2, 0) is 0 Å². The molecule has 0 spiro atoms. The number of furan rings is 1. The zero-order valence-electron chi connectivity index (χ0n) is 5.36. The van der Waals surface area contributed by atoms with Crippen LogP contribution in [0.15, 0.2) is 27.8 Å². The second-order valence-corrected chi connectivity index (χ2v) is 2.19. The minimum atomic E-state index is -0.520. The van der Waals surface area contributed by atoms with Gasteiger partial charge in [-0.1, -0.05) is 15.9 Å². The van der Waals surface area contributed by atoms with Crippen LogP contribution in [0.1, 0.15) is 5.76 Å². The van der Waals surface area contributed by atoms with Crippen LogP contribution in [0.5, 0.6) is 0 Å². The highest BCUT2D eigenvalue weighted by atomic mass is 79.9. The van der Waals surface area contributed by atoms with Crippen LogP contribution in [0.2, 0.25) is 0 Å². The van der Waals surface area contributed by atoms with Crippen molar-refractivity contribution in [2.24, 2.45) is 0 Å². The monoisotopic (exact) mass is 217 g/mol. The maximum Gasteiger partial charge on any atom is 0.318 e. The van der Waals surface area contributed by atoms with Crippen molar-refractivity contribution >= 4 is 21.6 Å². The SMILES string of the molecule is O=[N+]([O-])C(=CBr)c1ccco1. The van der Waals surface area contributed by atoms with Gasteiger partial charge in [-0.15, -0.1) is 0 Å². The Morgan fingerprint density at radius 3 is 2.91 bits per heavy atom. The molecule has 0 aliphatic heterocycles. The minimum Gasteiger partial charge on any atom is -0.458 e. The summed E-state index contributed by atoms with van der Waals surface area (Å²) in [5.41, 5.74) is -0.0880. The normalized spacial score (nSPS) is 11.5. The van der Waals surface area contributed by atoms with Gasteiger partial charge in [0.1, 0.15) is 0 Å². The third kappa shape index (κ3) is 1.68. The lowest BCUT2D eigenvalue weighted by atomic mass is 10.4. The van der Waals surface area contributed by atoms with Crippen molar-refractivity contribution in [3.8, 4) is 0 Å². The summed E-state index contributed by atoms with van der Waals surface area (Å²) in [6.07, 6.45) is 1.38. The third-order valence-corrected chi connectivity index (χ3v) is 1.51. The fourth-order valence-corrected chi connectivity index (χ4v) is 1.00. The lowest BCUT2D eigenvalue weighted by Crippen LogP contribution is -1.94. The molecule has 0 aliphatic carbocycles. The Hall–Kier alpha value is -1.10. The van der Waals surface area contributed by atoms with E-state index < -0.39 is 4.92 Å². The molecule has 0 N–H and O–H groups in total. The smallest absolute Gasteiger partial charge is 0.318 e. The van der Waals surface area contributed by atoms with E-state index in [4.69, 9.17) is 4.42 Å². The Bertz CT molecular complexity index is 278. The van der Waals surface area contributed by atoms with Crippen molar-refractivity contribution in [2.45, 2.75) is 0 Å². The van der Waals surface area contributed by atoms with Crippen molar-refractivity contribution in [1.82, 2.24) is 0 Å². The van der Waals surface area contributed by atoms with Gasteiger partial charge < -0.3 is 4.42 Å². The molecule has 4 nitrogen and oxygen atoms in total. The molecular weight excluding hydrogens is 214 g/mol. The Morgan fingerprint density at radius 1 is 1.82 bits per heavy atom. The molecule has 0 saturated carbocycles. The number of nitrogens with zero attached hydrogens (tertiary/aromatic N) is 1. The summed E-state index contributed by atoms with van der Waals surface area (Å²) in [6, 6.07) is 3.12. The predicted octanol–water partition coefficient (Wildman–Crippen LogP) is 2.25. The van der Waals surface area contributed by atoms with E-state index in [1.807, 2.05) is 0 Å². The first-order valence-electron chi connectivity index (χ1n) is 2.74. The van der Waals surface area contributed by atoms with Gasteiger partial charge >= 0.3 is 5.70 Å². The Balaban J connectivity index is 2.99. The summed E-state index contributed by atoms with van der Waals surface area (Å²) in [6.45, 7) is 0. The number of nitro groups is 1. The average Bonchev–Trinajstić information content (AvgIpc) is 2.40. The molecule has 1 rings (SSSR count). The molecule has 0 bridgehead atoms. The maximum absolute atomic E-state index is 10.3. The Labute approximate surface area is 70.8 Å². The van der Waals surface area contributed by atoms with Crippen molar-refractivity contribution in [3.05, 3.63) is 39.3 Å². The fourth-order valence-electron chi connectivity index (χ4n) is 0.608. The van der Waals surface area contributed by atoms with E-state index in [0.29, 0.717) is 0 Å². The maximum atomic E-state index is 10.3. The fraction of sp³-hybridized carbons (Fsp3) is 0. The van der Waals surface area contributed by atoms with Crippen molar-refractivity contribution in [1.29, 1.82) is 0 Å². The van der Waals surface area contributed by atoms with Gasteiger partial charge in [0.05, 0.1) is 16.2 Å². The number of hydrogen-bond donors (Lipinski definition) is 0. The number of rotatable bonds is 2. The second-order valence-electron chi connectivity index (χ2n) is 1.73. The predicted molar refractivity (Wildman–Crippen MR) is 42.6 cm³/mol. The zero-order chi connectivity index (χ0) is 8.27. The first-order valence-corrected chi connectivity index (χ1v) is 3.66. The molecular formula is C6H4BrNO3. The Kier molecular flexibility index (Phi) is 2.43. The molecule has 0 aromatic carbocycles. The molecule has 0 fully saturated rings. The number of halogens is 1. The van der Waals surface area contributed by atoms with Gasteiger partial charge in [0.25, 0.3) is 0 Å². The van der Waals surface area contributed by atoms with Gasteiger partial charge in [-0.3, -0.25) is 10.1 Å². The third-order valence-electron chi connectivity index (χ3n) is 1.07. The van der Waals surface area contributed by atoms with Crippen LogP contribution in [0, 0.1) is 10.1 Å². The number of hydrogen-bond acceptors (Lipinski definition) is 3. The summed E-state index contributed by atoms with van der Waals surface area (Å²) < 4.78 is 4.81. The first-order chi connectivity index (χ1) is 5.25. The molecule has 58 valence electrons. The lowest BCUT2D eigenvalue weighted by molar-refractivity contribution is -0.376. The van der Waals surface area contributed by atoms with Crippen molar-refractivity contribution < 1.29 is 9.34 Å². The summed E-state index contributed by atoms with van der Waals surface area (Å²) in [5, 5.41) is 10.3. The van der Waals surface area contributed by atoms with E-state index in [1.54, 1.807) is 6.07 Å². The quantitative estimate of drug-likeness (QED) is 0.564. The first kappa shape index (κ1) is 8.00. The van der Waals surface area contributed by atoms with E-state index in [2.05, 4.69) is 15.9 Å². The van der Waals surface area contributed by atoms with E-state index in [0.717, 1.165) is 0 Å². The van der Waals surface area contributed by atoms with Crippen molar-refractivity contribution in [3.63, 3.8) is 0 Å². The van der Waals surface area contributed by atoms with Crippen LogP contribution in [0.25, 0.3) is 5.70 Å². The van der Waals surface area contributed by atoms with Gasteiger partial charge in [-0.05, 0) is 12.1 Å². The zero-order valence-corrected chi connectivity index (χ0v) is 6.95. The molecule has 0 radical (unpaired) electrons. The van der Waals surface area contributed by atoms with Gasteiger partial charge in [0, 0.05) is 0 Å². The van der Waals surface area contributed by atoms with E-state index in [1.165, 1.54) is 17.3 Å². The molecule has 0 unspecified atom stereocenters. The van der Waals surface area contributed by atoms with Gasteiger partial charge in [0.2, 0.25) is 5.76 Å². The van der Waals surface area contributed by atoms with Crippen LogP contribution in [0.4, 0.5) is 0 Å². The molecule has 1 aromatic rings. The summed E-state index contributed by atoms with van der Waals surface area (Å²) in [4.78, 5) is 11.0. The summed E-state index contributed by atoms with van der Waals surface area (Å²) in [7, 11) is 0. The van der Waals surface area contributed by atoms with Gasteiger partial charge in [-0.2, -0.15) is 0 Å². The van der Waals surface area contributed by atoms with Gasteiger partial charge in [0.15, 0.2) is 0 Å². The topological polar surface area (TPSA) is 56.3 Å². The Morgan fingerprint density at radius 2 is 2.55 bits per heavy atom. The summed E-state index contributed by atoms with van der Waals surface area (Å²) >= 11 is 2.87. The minimum absolute atomic E-state index is 0.0880. The molecule has 0 atom stereocenters. The van der Waals surface area contributed by atoms with Gasteiger partial charge in [-0.25, -0.2) is 0 Å². The molecule has 11 heavy (non-hydrogen) atoms. The van der Waals surface area contributed by atoms with Crippen LogP contribution < -0.4 is 0 Å². The average molecular weight is 218 g/mol. The highest BCUT2D eigenvalue weighted by Crippen LogP contribution is 2.16. The molecule has 1 heterocycles. The van der Waals surface area contributed by atoms with Crippen LogP contribution in [0.3, 0.4) is 0 Å². The lowest BCUT2D eigenvalue weighted by Gasteiger charge is -1.89. The van der Waals surface area contributed by atoms with E-state index >= 15 is 0 Å². The highest BCUT2D eigenvalue weighted by molar-refractivity contribution is 9.11.